The van der Waals surface area contributed by atoms with Crippen LogP contribution < -0.4 is 15.0 Å². The molecule has 0 amide bonds. The number of nitrogens with one attached hydrogen (secondary N) is 1. The number of hydrogen-bond acceptors (Lipinski definition) is 4. The molecular weight excluding hydrogens is 288 g/mol. The van der Waals surface area contributed by atoms with Gasteiger partial charge in [-0.25, -0.2) is 0 Å². The molecular formula is C19H24N2O2. The predicted octanol–water partition coefficient (Wildman–Crippen LogP) is 3.02. The summed E-state index contributed by atoms with van der Waals surface area (Å²) in [7, 11) is 1.71. The van der Waals surface area contributed by atoms with Gasteiger partial charge in [0, 0.05) is 37.9 Å². The Kier molecular flexibility index (Phi) is 5.03. The third kappa shape index (κ3) is 4.17. The minimum absolute atomic E-state index is 0.328. The molecule has 2 aromatic carbocycles. The van der Waals surface area contributed by atoms with Crippen LogP contribution in [-0.2, 0) is 6.54 Å². The van der Waals surface area contributed by atoms with Gasteiger partial charge in [-0.15, -0.1) is 0 Å². The standard InChI is InChI=1S/C19H24N2O2/c1-23-19-7-3-5-17(11-19)21-9-8-16(14-21)13-20-12-15-4-2-6-18(22)10-15/h2-7,10-11,16,20,22H,8-9,12-14H2,1H3/t16-/m0/s1. The topological polar surface area (TPSA) is 44.7 Å². The maximum Gasteiger partial charge on any atom is 0.120 e. The van der Waals surface area contributed by atoms with E-state index in [1.54, 1.807) is 13.2 Å². The Morgan fingerprint density at radius 2 is 2.09 bits per heavy atom. The number of benzene rings is 2. The van der Waals surface area contributed by atoms with Gasteiger partial charge < -0.3 is 20.1 Å². The van der Waals surface area contributed by atoms with Crippen molar-refractivity contribution in [2.75, 3.05) is 31.6 Å². The minimum Gasteiger partial charge on any atom is -0.508 e. The number of rotatable bonds is 6. The van der Waals surface area contributed by atoms with Gasteiger partial charge in [-0.1, -0.05) is 18.2 Å². The quantitative estimate of drug-likeness (QED) is 0.860. The summed E-state index contributed by atoms with van der Waals surface area (Å²) in [5.41, 5.74) is 2.35. The zero-order chi connectivity index (χ0) is 16.1. The summed E-state index contributed by atoms with van der Waals surface area (Å²) in [6.45, 7) is 3.95. The van der Waals surface area contributed by atoms with Crippen molar-refractivity contribution in [3.63, 3.8) is 0 Å². The molecule has 0 radical (unpaired) electrons. The zero-order valence-corrected chi connectivity index (χ0v) is 13.5. The Labute approximate surface area is 137 Å². The van der Waals surface area contributed by atoms with E-state index in [0.717, 1.165) is 37.5 Å². The highest BCUT2D eigenvalue weighted by Gasteiger charge is 2.22. The van der Waals surface area contributed by atoms with E-state index in [4.69, 9.17) is 4.74 Å². The highest BCUT2D eigenvalue weighted by molar-refractivity contribution is 5.51. The highest BCUT2D eigenvalue weighted by atomic mass is 16.5. The molecule has 0 spiro atoms. The number of methoxy groups -OCH3 is 1. The van der Waals surface area contributed by atoms with Crippen molar-refractivity contribution >= 4 is 5.69 Å². The third-order valence-electron chi connectivity index (χ3n) is 4.38. The van der Waals surface area contributed by atoms with Gasteiger partial charge in [0.05, 0.1) is 7.11 Å². The van der Waals surface area contributed by atoms with Crippen LogP contribution in [-0.4, -0.2) is 31.9 Å². The van der Waals surface area contributed by atoms with Crippen LogP contribution in [0.1, 0.15) is 12.0 Å². The van der Waals surface area contributed by atoms with Crippen molar-refractivity contribution in [1.29, 1.82) is 0 Å². The van der Waals surface area contributed by atoms with Crippen molar-refractivity contribution in [3.05, 3.63) is 54.1 Å². The van der Waals surface area contributed by atoms with Crippen LogP contribution in [0.15, 0.2) is 48.5 Å². The first-order valence-corrected chi connectivity index (χ1v) is 8.12. The number of nitrogens with zero attached hydrogens (tertiary/aromatic N) is 1. The lowest BCUT2D eigenvalue weighted by Gasteiger charge is -2.19. The molecule has 0 saturated carbocycles. The molecule has 0 unspecified atom stereocenters. The minimum atomic E-state index is 0.328. The van der Waals surface area contributed by atoms with E-state index in [2.05, 4.69) is 22.3 Å². The average Bonchev–Trinajstić information content (AvgIpc) is 3.04. The second-order valence-electron chi connectivity index (χ2n) is 6.10. The molecule has 4 nitrogen and oxygen atoms in total. The highest BCUT2D eigenvalue weighted by Crippen LogP contribution is 2.26. The molecule has 1 heterocycles. The van der Waals surface area contributed by atoms with Crippen LogP contribution in [0, 0.1) is 5.92 Å². The van der Waals surface area contributed by atoms with E-state index in [1.165, 1.54) is 12.1 Å². The summed E-state index contributed by atoms with van der Waals surface area (Å²) >= 11 is 0. The smallest absolute Gasteiger partial charge is 0.120 e. The molecule has 1 atom stereocenters. The number of phenolic OH excluding ortho intramolecular Hbond substituents is 1. The van der Waals surface area contributed by atoms with E-state index in [0.29, 0.717) is 11.7 Å². The number of phenols is 1. The lowest BCUT2D eigenvalue weighted by Crippen LogP contribution is -2.26. The summed E-state index contributed by atoms with van der Waals surface area (Å²) in [5.74, 6) is 1.89. The van der Waals surface area contributed by atoms with Crippen molar-refractivity contribution in [2.24, 2.45) is 5.92 Å². The van der Waals surface area contributed by atoms with Crippen molar-refractivity contribution < 1.29 is 9.84 Å². The number of aromatic hydroxyl groups is 1. The molecule has 0 bridgehead atoms. The fraction of sp³-hybridized carbons (Fsp3) is 0.368. The normalized spacial score (nSPS) is 17.4. The Bertz CT molecular complexity index is 645. The fourth-order valence-corrected chi connectivity index (χ4v) is 3.13. The van der Waals surface area contributed by atoms with Crippen LogP contribution >= 0.6 is 0 Å². The summed E-state index contributed by atoms with van der Waals surface area (Å²) in [6, 6.07) is 15.7. The van der Waals surface area contributed by atoms with E-state index in [-0.39, 0.29) is 0 Å². The summed E-state index contributed by atoms with van der Waals surface area (Å²) in [4.78, 5) is 2.42. The summed E-state index contributed by atoms with van der Waals surface area (Å²) in [5, 5.41) is 13.0. The Morgan fingerprint density at radius 3 is 2.91 bits per heavy atom. The Morgan fingerprint density at radius 1 is 1.22 bits per heavy atom. The largest absolute Gasteiger partial charge is 0.508 e. The van der Waals surface area contributed by atoms with Gasteiger partial charge in [0.15, 0.2) is 0 Å². The van der Waals surface area contributed by atoms with Crippen molar-refractivity contribution in [3.8, 4) is 11.5 Å². The second-order valence-corrected chi connectivity index (χ2v) is 6.10. The first-order valence-electron chi connectivity index (χ1n) is 8.12. The summed E-state index contributed by atoms with van der Waals surface area (Å²) in [6.07, 6.45) is 1.20. The number of ether oxygens (including phenoxy) is 1. The first-order chi connectivity index (χ1) is 11.2. The molecule has 0 aliphatic carbocycles. The molecule has 2 N–H and O–H groups in total. The van der Waals surface area contributed by atoms with Crippen LogP contribution in [0.25, 0.3) is 0 Å². The van der Waals surface area contributed by atoms with Gasteiger partial charge in [0.25, 0.3) is 0 Å². The molecule has 1 aliphatic heterocycles. The van der Waals surface area contributed by atoms with Gasteiger partial charge in [0.1, 0.15) is 11.5 Å². The third-order valence-corrected chi connectivity index (χ3v) is 4.38. The second kappa shape index (κ2) is 7.38. The van der Waals surface area contributed by atoms with Crippen LogP contribution in [0.4, 0.5) is 5.69 Å². The van der Waals surface area contributed by atoms with Crippen molar-refractivity contribution in [2.45, 2.75) is 13.0 Å². The van der Waals surface area contributed by atoms with Gasteiger partial charge in [-0.2, -0.15) is 0 Å². The molecule has 2 aromatic rings. The summed E-state index contributed by atoms with van der Waals surface area (Å²) < 4.78 is 5.31. The van der Waals surface area contributed by atoms with Gasteiger partial charge in [0.2, 0.25) is 0 Å². The molecule has 1 saturated heterocycles. The Balaban J connectivity index is 1.48. The zero-order valence-electron chi connectivity index (χ0n) is 13.5. The molecule has 0 aromatic heterocycles. The molecule has 23 heavy (non-hydrogen) atoms. The molecule has 1 aliphatic rings. The SMILES string of the molecule is COc1cccc(N2CC[C@@H](CNCc3cccc(O)c3)C2)c1. The maximum absolute atomic E-state index is 9.48. The van der Waals surface area contributed by atoms with Gasteiger partial charge in [-0.3, -0.25) is 0 Å². The number of anilines is 1. The first kappa shape index (κ1) is 15.7. The fourth-order valence-electron chi connectivity index (χ4n) is 3.13. The Hall–Kier alpha value is -2.20. The van der Waals surface area contributed by atoms with Gasteiger partial charge >= 0.3 is 0 Å². The average molecular weight is 312 g/mol. The van der Waals surface area contributed by atoms with Crippen molar-refractivity contribution in [1.82, 2.24) is 5.32 Å². The van der Waals surface area contributed by atoms with Crippen LogP contribution in [0.5, 0.6) is 11.5 Å². The van der Waals surface area contributed by atoms with E-state index >= 15 is 0 Å². The van der Waals surface area contributed by atoms with Crippen LogP contribution in [0.2, 0.25) is 0 Å². The molecule has 122 valence electrons. The van der Waals surface area contributed by atoms with Crippen LogP contribution in [0.3, 0.4) is 0 Å². The lowest BCUT2D eigenvalue weighted by atomic mass is 10.1. The molecule has 3 rings (SSSR count). The lowest BCUT2D eigenvalue weighted by molar-refractivity contribution is 0.415. The molecule has 4 heteroatoms. The van der Waals surface area contributed by atoms with Gasteiger partial charge in [-0.05, 0) is 42.2 Å². The van der Waals surface area contributed by atoms with E-state index < -0.39 is 0 Å². The predicted molar refractivity (Wildman–Crippen MR) is 93.1 cm³/mol. The molecule has 1 fully saturated rings. The van der Waals surface area contributed by atoms with E-state index in [1.807, 2.05) is 30.3 Å². The van der Waals surface area contributed by atoms with E-state index in [9.17, 15) is 5.11 Å². The monoisotopic (exact) mass is 312 g/mol. The number of hydrogen-bond donors (Lipinski definition) is 2. The maximum atomic E-state index is 9.48.